The molecule has 0 bridgehead atoms. The van der Waals surface area contributed by atoms with E-state index in [0.29, 0.717) is 5.69 Å². The highest BCUT2D eigenvalue weighted by molar-refractivity contribution is 5.88. The van der Waals surface area contributed by atoms with Crippen LogP contribution >= 0.6 is 0 Å². The predicted molar refractivity (Wildman–Crippen MR) is 66.2 cm³/mol. The fraction of sp³-hybridized carbons (Fsp3) is 0.417. The monoisotopic (exact) mass is 222 g/mol. The molecule has 0 saturated heterocycles. The molecule has 0 aliphatic heterocycles. The molecule has 1 rings (SSSR count). The summed E-state index contributed by atoms with van der Waals surface area (Å²) in [5, 5.41) is 12.2. The van der Waals surface area contributed by atoms with Gasteiger partial charge in [0, 0.05) is 24.0 Å². The average molecular weight is 222 g/mol. The quantitative estimate of drug-likeness (QED) is 0.808. The summed E-state index contributed by atoms with van der Waals surface area (Å²) in [5.74, 6) is 0. The summed E-state index contributed by atoms with van der Waals surface area (Å²) in [7, 11) is 1.81. The van der Waals surface area contributed by atoms with Gasteiger partial charge in [-0.3, -0.25) is 4.90 Å². The van der Waals surface area contributed by atoms with Gasteiger partial charge in [-0.1, -0.05) is 6.07 Å². The molecule has 2 N–H and O–H groups in total. The molecule has 0 radical (unpaired) electrons. The van der Waals surface area contributed by atoms with Crippen molar-refractivity contribution in [1.29, 1.82) is 0 Å². The lowest BCUT2D eigenvalue weighted by Gasteiger charge is -2.33. The van der Waals surface area contributed by atoms with E-state index in [-0.39, 0.29) is 0 Å². The second kappa shape index (κ2) is 4.43. The molecule has 1 aromatic carbocycles. The summed E-state index contributed by atoms with van der Waals surface area (Å²) in [4.78, 5) is 12.6. The van der Waals surface area contributed by atoms with Crippen molar-refractivity contribution in [2.75, 3.05) is 17.3 Å². The summed E-state index contributed by atoms with van der Waals surface area (Å²) in [6.45, 7) is 5.60. The van der Waals surface area contributed by atoms with E-state index in [1.807, 2.05) is 39.0 Å². The van der Waals surface area contributed by atoms with E-state index < -0.39 is 11.6 Å². The number of amides is 1. The van der Waals surface area contributed by atoms with E-state index in [0.717, 1.165) is 5.69 Å². The Bertz CT molecular complexity index is 383. The zero-order valence-electron chi connectivity index (χ0n) is 10.1. The summed E-state index contributed by atoms with van der Waals surface area (Å²) in [5.41, 5.74) is 1.11. The van der Waals surface area contributed by atoms with Crippen molar-refractivity contribution in [3.05, 3.63) is 24.3 Å². The minimum atomic E-state index is -0.944. The van der Waals surface area contributed by atoms with Crippen LogP contribution in [0.3, 0.4) is 0 Å². The Labute approximate surface area is 95.9 Å². The first-order valence-corrected chi connectivity index (χ1v) is 5.17. The van der Waals surface area contributed by atoms with Crippen LogP contribution in [-0.4, -0.2) is 23.8 Å². The van der Waals surface area contributed by atoms with E-state index in [1.54, 1.807) is 13.1 Å². The Balaban J connectivity index is 3.16. The van der Waals surface area contributed by atoms with Crippen LogP contribution in [0.2, 0.25) is 0 Å². The SMILES string of the molecule is CNc1cccc(N(C(=O)O)C(C)(C)C)c1. The van der Waals surface area contributed by atoms with Gasteiger partial charge in [-0.05, 0) is 39.0 Å². The van der Waals surface area contributed by atoms with Crippen molar-refractivity contribution in [3.8, 4) is 0 Å². The number of hydrogen-bond acceptors (Lipinski definition) is 2. The van der Waals surface area contributed by atoms with Gasteiger partial charge in [-0.2, -0.15) is 0 Å². The number of anilines is 2. The topological polar surface area (TPSA) is 52.6 Å². The smallest absolute Gasteiger partial charge is 0.412 e. The van der Waals surface area contributed by atoms with Gasteiger partial charge in [0.25, 0.3) is 0 Å². The van der Waals surface area contributed by atoms with Gasteiger partial charge >= 0.3 is 6.09 Å². The number of rotatable bonds is 2. The first kappa shape index (κ1) is 12.4. The summed E-state index contributed by atoms with van der Waals surface area (Å²) in [6.07, 6.45) is -0.944. The molecular formula is C12H18N2O2. The molecule has 0 spiro atoms. The van der Waals surface area contributed by atoms with Gasteiger partial charge in [0.05, 0.1) is 0 Å². The molecule has 0 aromatic heterocycles. The molecule has 0 aliphatic rings. The Morgan fingerprint density at radius 3 is 2.44 bits per heavy atom. The maximum atomic E-state index is 11.3. The highest BCUT2D eigenvalue weighted by Crippen LogP contribution is 2.26. The Morgan fingerprint density at radius 1 is 1.38 bits per heavy atom. The predicted octanol–water partition coefficient (Wildman–Crippen LogP) is 3.01. The third-order valence-corrected chi connectivity index (χ3v) is 2.26. The number of nitrogens with zero attached hydrogens (tertiary/aromatic N) is 1. The first-order chi connectivity index (χ1) is 7.36. The lowest BCUT2D eigenvalue weighted by atomic mass is 10.1. The minimum absolute atomic E-state index is 0.460. The highest BCUT2D eigenvalue weighted by atomic mass is 16.4. The third kappa shape index (κ3) is 2.66. The van der Waals surface area contributed by atoms with Crippen molar-refractivity contribution in [1.82, 2.24) is 0 Å². The number of nitrogens with one attached hydrogen (secondary N) is 1. The number of hydrogen-bond donors (Lipinski definition) is 2. The van der Waals surface area contributed by atoms with E-state index in [9.17, 15) is 9.90 Å². The number of carboxylic acid groups (broad SMARTS) is 1. The first-order valence-electron chi connectivity index (χ1n) is 5.17. The van der Waals surface area contributed by atoms with Crippen LogP contribution < -0.4 is 10.2 Å². The van der Waals surface area contributed by atoms with Crippen molar-refractivity contribution in [2.24, 2.45) is 0 Å². The molecule has 1 amide bonds. The highest BCUT2D eigenvalue weighted by Gasteiger charge is 2.27. The van der Waals surface area contributed by atoms with Crippen LogP contribution in [-0.2, 0) is 0 Å². The van der Waals surface area contributed by atoms with E-state index in [2.05, 4.69) is 5.32 Å². The molecule has 0 heterocycles. The van der Waals surface area contributed by atoms with Gasteiger partial charge < -0.3 is 10.4 Å². The Hall–Kier alpha value is -1.71. The third-order valence-electron chi connectivity index (χ3n) is 2.26. The molecule has 88 valence electrons. The van der Waals surface area contributed by atoms with Gasteiger partial charge in [-0.15, -0.1) is 0 Å². The molecule has 0 fully saturated rings. The van der Waals surface area contributed by atoms with Crippen molar-refractivity contribution >= 4 is 17.5 Å². The van der Waals surface area contributed by atoms with Gasteiger partial charge in [-0.25, -0.2) is 4.79 Å². The van der Waals surface area contributed by atoms with Gasteiger partial charge in [0.2, 0.25) is 0 Å². The molecule has 0 saturated carbocycles. The van der Waals surface area contributed by atoms with Crippen molar-refractivity contribution < 1.29 is 9.90 Å². The van der Waals surface area contributed by atoms with Crippen LogP contribution in [0.25, 0.3) is 0 Å². The zero-order chi connectivity index (χ0) is 12.3. The van der Waals surface area contributed by atoms with Gasteiger partial charge in [0.1, 0.15) is 0 Å². The minimum Gasteiger partial charge on any atom is -0.465 e. The second-order valence-electron chi connectivity index (χ2n) is 4.59. The van der Waals surface area contributed by atoms with Crippen molar-refractivity contribution in [3.63, 3.8) is 0 Å². The Kier molecular flexibility index (Phi) is 3.42. The van der Waals surface area contributed by atoms with Crippen LogP contribution in [0, 0.1) is 0 Å². The van der Waals surface area contributed by atoms with Crippen LogP contribution in [0.4, 0.5) is 16.2 Å². The summed E-state index contributed by atoms with van der Waals surface area (Å²) in [6, 6.07) is 7.34. The lowest BCUT2D eigenvalue weighted by molar-refractivity contribution is 0.195. The standard InChI is InChI=1S/C12H18N2O2/c1-12(2,3)14(11(15)16)10-7-5-6-9(8-10)13-4/h5-8,13H,1-4H3,(H,15,16). The fourth-order valence-corrected chi connectivity index (χ4v) is 1.59. The molecular weight excluding hydrogens is 204 g/mol. The van der Waals surface area contributed by atoms with E-state index in [1.165, 1.54) is 4.90 Å². The van der Waals surface area contributed by atoms with Crippen LogP contribution in [0.1, 0.15) is 20.8 Å². The Morgan fingerprint density at radius 2 is 2.00 bits per heavy atom. The average Bonchev–Trinajstić information content (AvgIpc) is 2.15. The molecule has 0 unspecified atom stereocenters. The number of benzene rings is 1. The summed E-state index contributed by atoms with van der Waals surface area (Å²) < 4.78 is 0. The molecule has 16 heavy (non-hydrogen) atoms. The number of carbonyl (C=O) groups is 1. The maximum absolute atomic E-state index is 11.3. The van der Waals surface area contributed by atoms with E-state index in [4.69, 9.17) is 0 Å². The normalized spacial score (nSPS) is 11.0. The lowest BCUT2D eigenvalue weighted by Crippen LogP contribution is -2.45. The molecule has 4 nitrogen and oxygen atoms in total. The molecule has 0 aliphatic carbocycles. The van der Waals surface area contributed by atoms with Gasteiger partial charge in [0.15, 0.2) is 0 Å². The largest absolute Gasteiger partial charge is 0.465 e. The van der Waals surface area contributed by atoms with Crippen LogP contribution in [0.15, 0.2) is 24.3 Å². The molecule has 0 atom stereocenters. The second-order valence-corrected chi connectivity index (χ2v) is 4.59. The molecule has 4 heteroatoms. The van der Waals surface area contributed by atoms with E-state index >= 15 is 0 Å². The van der Waals surface area contributed by atoms with Crippen LogP contribution in [0.5, 0.6) is 0 Å². The summed E-state index contributed by atoms with van der Waals surface area (Å²) >= 11 is 0. The van der Waals surface area contributed by atoms with Crippen molar-refractivity contribution in [2.45, 2.75) is 26.3 Å². The zero-order valence-corrected chi connectivity index (χ0v) is 10.1. The maximum Gasteiger partial charge on any atom is 0.412 e. The fourth-order valence-electron chi connectivity index (χ4n) is 1.59. The molecule has 1 aromatic rings.